The monoisotopic (exact) mass is 557 g/mol. The first kappa shape index (κ1) is 30.3. The van der Waals surface area contributed by atoms with Crippen molar-refractivity contribution in [2.75, 3.05) is 25.1 Å². The van der Waals surface area contributed by atoms with Crippen LogP contribution in [0, 0.1) is 17.8 Å². The number of ether oxygens (including phenoxy) is 2. The first-order valence-corrected chi connectivity index (χ1v) is 15.2. The summed E-state index contributed by atoms with van der Waals surface area (Å²) in [5, 5.41) is 16.5. The number of benzene rings is 1. The second kappa shape index (κ2) is 12.5. The second-order valence-corrected chi connectivity index (χ2v) is 11.7. The number of hydrogen-bond donors (Lipinski definition) is 3. The van der Waals surface area contributed by atoms with Crippen LogP contribution >= 0.6 is 0 Å². The van der Waals surface area contributed by atoms with Crippen molar-refractivity contribution in [3.05, 3.63) is 24.3 Å². The quantitative estimate of drug-likeness (QED) is 0.299. The molecule has 0 aromatic heterocycles. The molecule has 3 fully saturated rings. The van der Waals surface area contributed by atoms with E-state index in [0.29, 0.717) is 43.9 Å². The zero-order chi connectivity index (χ0) is 29.1. The Labute approximate surface area is 238 Å². The Bertz CT molecular complexity index is 1060. The molecule has 3 amide bonds. The lowest BCUT2D eigenvalue weighted by atomic mass is 9.65. The number of carbonyl (C=O) groups is 3. The van der Waals surface area contributed by atoms with Gasteiger partial charge in [0, 0.05) is 12.2 Å². The topological polar surface area (TPSA) is 117 Å². The number of carbonyl (C=O) groups excluding carboxylic acids is 3. The largest absolute Gasteiger partial charge is 0.494 e. The number of anilines is 1. The molecule has 9 nitrogen and oxygen atoms in total. The van der Waals surface area contributed by atoms with Crippen LogP contribution in [-0.4, -0.2) is 70.8 Å². The Kier molecular flexibility index (Phi) is 9.45. The third-order valence-electron chi connectivity index (χ3n) is 9.51. The van der Waals surface area contributed by atoms with E-state index < -0.39 is 35.1 Å². The molecule has 3 aliphatic heterocycles. The lowest BCUT2D eigenvalue weighted by molar-refractivity contribution is -0.151. The van der Waals surface area contributed by atoms with Crippen molar-refractivity contribution in [2.45, 2.75) is 103 Å². The molecule has 9 heteroatoms. The average molecular weight is 558 g/mol. The van der Waals surface area contributed by atoms with Crippen molar-refractivity contribution in [2.24, 2.45) is 17.8 Å². The van der Waals surface area contributed by atoms with Gasteiger partial charge < -0.3 is 30.1 Å². The van der Waals surface area contributed by atoms with Crippen LogP contribution in [0.1, 0.15) is 79.6 Å². The van der Waals surface area contributed by atoms with Gasteiger partial charge in [-0.25, -0.2) is 0 Å². The van der Waals surface area contributed by atoms with Crippen molar-refractivity contribution in [1.29, 1.82) is 0 Å². The van der Waals surface area contributed by atoms with E-state index in [2.05, 4.69) is 17.6 Å². The standard InChI is InChI=1S/C31H47N3O6/c1-6-10-11-18-32-28(37)26-31-17-16-30(8-3,40-31)24(25(31)29(38)34(26)23(19-35)20(5)7-2)27(36)33-21-12-14-22(15-13-21)39-9-4/h12-15,20,23-26,35H,6-11,16-19H2,1-5H3,(H,32,37)(H,33,36)/t20-,23-,24-,25-,26?,30+,31?/m0/s1. The van der Waals surface area contributed by atoms with E-state index >= 15 is 0 Å². The van der Waals surface area contributed by atoms with E-state index in [1.54, 1.807) is 29.2 Å². The van der Waals surface area contributed by atoms with Crippen LogP contribution in [0.25, 0.3) is 0 Å². The van der Waals surface area contributed by atoms with Crippen LogP contribution in [0.15, 0.2) is 24.3 Å². The minimum atomic E-state index is -1.11. The number of aliphatic hydroxyl groups is 1. The highest BCUT2D eigenvalue weighted by atomic mass is 16.5. The summed E-state index contributed by atoms with van der Waals surface area (Å²) in [4.78, 5) is 43.8. The number of fused-ring (bicyclic) bond motifs is 1. The van der Waals surface area contributed by atoms with Gasteiger partial charge in [0.1, 0.15) is 17.4 Å². The van der Waals surface area contributed by atoms with Crippen molar-refractivity contribution >= 4 is 23.4 Å². The number of amides is 3. The third-order valence-corrected chi connectivity index (χ3v) is 9.51. The molecule has 3 aliphatic rings. The summed E-state index contributed by atoms with van der Waals surface area (Å²) in [5.41, 5.74) is -1.33. The molecular weight excluding hydrogens is 510 g/mol. The maximum absolute atomic E-state index is 14.4. The molecule has 0 radical (unpaired) electrons. The maximum atomic E-state index is 14.4. The Morgan fingerprint density at radius 2 is 1.85 bits per heavy atom. The van der Waals surface area contributed by atoms with Gasteiger partial charge in [-0.15, -0.1) is 0 Å². The molecule has 40 heavy (non-hydrogen) atoms. The number of unbranched alkanes of at least 4 members (excludes halogenated alkanes) is 2. The molecule has 2 unspecified atom stereocenters. The molecule has 0 aliphatic carbocycles. The van der Waals surface area contributed by atoms with Crippen molar-refractivity contribution in [1.82, 2.24) is 10.2 Å². The molecule has 7 atom stereocenters. The summed E-state index contributed by atoms with van der Waals surface area (Å²) in [6, 6.07) is 5.73. The summed E-state index contributed by atoms with van der Waals surface area (Å²) in [7, 11) is 0. The van der Waals surface area contributed by atoms with Crippen LogP contribution in [0.2, 0.25) is 0 Å². The number of nitrogens with zero attached hydrogens (tertiary/aromatic N) is 1. The molecule has 222 valence electrons. The van der Waals surface area contributed by atoms with E-state index in [-0.39, 0.29) is 30.2 Å². The molecule has 2 bridgehead atoms. The van der Waals surface area contributed by atoms with Crippen molar-refractivity contribution in [3.8, 4) is 5.75 Å². The van der Waals surface area contributed by atoms with Crippen LogP contribution < -0.4 is 15.4 Å². The maximum Gasteiger partial charge on any atom is 0.245 e. The highest BCUT2D eigenvalue weighted by Crippen LogP contribution is 2.64. The van der Waals surface area contributed by atoms with Gasteiger partial charge in [-0.1, -0.05) is 47.0 Å². The van der Waals surface area contributed by atoms with Crippen LogP contribution in [0.4, 0.5) is 5.69 Å². The predicted octanol–water partition coefficient (Wildman–Crippen LogP) is 3.89. The average Bonchev–Trinajstić information content (AvgIpc) is 3.56. The molecule has 1 spiro atoms. The molecule has 4 rings (SSSR count). The Balaban J connectivity index is 1.70. The normalized spacial score (nSPS) is 30.2. The van der Waals surface area contributed by atoms with Crippen LogP contribution in [0.5, 0.6) is 5.75 Å². The zero-order valence-corrected chi connectivity index (χ0v) is 24.7. The van der Waals surface area contributed by atoms with Gasteiger partial charge in [0.25, 0.3) is 0 Å². The fourth-order valence-electron chi connectivity index (χ4n) is 7.23. The number of aliphatic hydroxyl groups excluding tert-OH is 1. The lowest BCUT2D eigenvalue weighted by Gasteiger charge is -2.39. The zero-order valence-electron chi connectivity index (χ0n) is 24.7. The lowest BCUT2D eigenvalue weighted by Crippen LogP contribution is -2.59. The van der Waals surface area contributed by atoms with Gasteiger partial charge >= 0.3 is 0 Å². The van der Waals surface area contributed by atoms with Gasteiger partial charge in [-0.3, -0.25) is 14.4 Å². The SMILES string of the molecule is CCCCCNC(=O)C1N([C@@H](CO)[C@@H](C)CC)C(=O)[C@@H]2[C@@H](C(=O)Nc3ccc(OCC)cc3)[C@@]3(CC)CCC12O3. The van der Waals surface area contributed by atoms with E-state index in [1.165, 1.54) is 0 Å². The van der Waals surface area contributed by atoms with Crippen molar-refractivity contribution < 1.29 is 29.0 Å². The van der Waals surface area contributed by atoms with Crippen LogP contribution in [-0.2, 0) is 19.1 Å². The van der Waals surface area contributed by atoms with E-state index in [1.807, 2.05) is 27.7 Å². The minimum Gasteiger partial charge on any atom is -0.494 e. The number of nitrogens with one attached hydrogen (secondary N) is 2. The first-order chi connectivity index (χ1) is 19.2. The summed E-state index contributed by atoms with van der Waals surface area (Å²) < 4.78 is 12.3. The molecule has 1 aromatic rings. The minimum absolute atomic E-state index is 0.0342. The summed E-state index contributed by atoms with van der Waals surface area (Å²) in [6.45, 7) is 10.8. The van der Waals surface area contributed by atoms with E-state index in [9.17, 15) is 19.5 Å². The van der Waals surface area contributed by atoms with Gasteiger partial charge in [0.2, 0.25) is 17.7 Å². The molecular formula is C31H47N3O6. The highest BCUT2D eigenvalue weighted by Gasteiger charge is 2.79. The fraction of sp³-hybridized carbons (Fsp3) is 0.710. The molecule has 3 heterocycles. The Hall–Kier alpha value is -2.65. The molecule has 3 saturated heterocycles. The Morgan fingerprint density at radius 1 is 1.12 bits per heavy atom. The number of likely N-dealkylation sites (tertiary alicyclic amines) is 1. The fourth-order valence-corrected chi connectivity index (χ4v) is 7.23. The predicted molar refractivity (Wildman–Crippen MR) is 153 cm³/mol. The number of rotatable bonds is 14. The van der Waals surface area contributed by atoms with Gasteiger partial charge in [0.05, 0.1) is 36.7 Å². The van der Waals surface area contributed by atoms with E-state index in [0.717, 1.165) is 25.7 Å². The highest BCUT2D eigenvalue weighted by molar-refractivity contribution is 6.02. The van der Waals surface area contributed by atoms with Crippen molar-refractivity contribution in [3.63, 3.8) is 0 Å². The third kappa shape index (κ3) is 5.11. The molecule has 0 saturated carbocycles. The van der Waals surface area contributed by atoms with Gasteiger partial charge in [0.15, 0.2) is 0 Å². The summed E-state index contributed by atoms with van der Waals surface area (Å²) in [5.74, 6) is -1.67. The van der Waals surface area contributed by atoms with E-state index in [4.69, 9.17) is 9.47 Å². The molecule has 1 aromatic carbocycles. The van der Waals surface area contributed by atoms with Gasteiger partial charge in [-0.05, 0) is 62.8 Å². The smallest absolute Gasteiger partial charge is 0.245 e. The summed E-state index contributed by atoms with van der Waals surface area (Å²) in [6.07, 6.45) is 5.28. The second-order valence-electron chi connectivity index (χ2n) is 11.7. The molecule has 3 N–H and O–H groups in total. The summed E-state index contributed by atoms with van der Waals surface area (Å²) >= 11 is 0. The van der Waals surface area contributed by atoms with Crippen LogP contribution in [0.3, 0.4) is 0 Å². The Morgan fingerprint density at radius 3 is 2.45 bits per heavy atom. The van der Waals surface area contributed by atoms with Gasteiger partial charge in [-0.2, -0.15) is 0 Å². The number of hydrogen-bond acceptors (Lipinski definition) is 6. The first-order valence-electron chi connectivity index (χ1n) is 15.2.